The molecule has 0 bridgehead atoms. The fourth-order valence-corrected chi connectivity index (χ4v) is 4.41. The lowest BCUT2D eigenvalue weighted by Crippen LogP contribution is -3.12. The molecule has 164 valence electrons. The van der Waals surface area contributed by atoms with E-state index in [0.717, 1.165) is 65.1 Å². The second-order valence-corrected chi connectivity index (χ2v) is 8.70. The van der Waals surface area contributed by atoms with Crippen LogP contribution in [0, 0.1) is 0 Å². The SMILES string of the molecule is COc1ccc(/C=N/n2cnc3c([nH]c4ccc(Br)cc43)c2=O)cc1C[NH+]1CCOCC1. The van der Waals surface area contributed by atoms with E-state index in [4.69, 9.17) is 9.47 Å². The fourth-order valence-electron chi connectivity index (χ4n) is 4.05. The summed E-state index contributed by atoms with van der Waals surface area (Å²) in [5, 5.41) is 5.27. The van der Waals surface area contributed by atoms with Gasteiger partial charge in [-0.3, -0.25) is 4.79 Å². The van der Waals surface area contributed by atoms with Crippen LogP contribution in [0.15, 0.2) is 57.1 Å². The Kier molecular flexibility index (Phi) is 5.77. The normalized spacial score (nSPS) is 15.2. The molecule has 32 heavy (non-hydrogen) atoms. The molecule has 2 N–H and O–H groups in total. The van der Waals surface area contributed by atoms with Crippen molar-refractivity contribution in [2.45, 2.75) is 6.54 Å². The Labute approximate surface area is 192 Å². The molecule has 9 heteroatoms. The van der Waals surface area contributed by atoms with Crippen LogP contribution in [0.3, 0.4) is 0 Å². The van der Waals surface area contributed by atoms with E-state index in [1.165, 1.54) is 15.9 Å². The molecule has 4 aromatic rings. The van der Waals surface area contributed by atoms with Gasteiger partial charge < -0.3 is 19.4 Å². The molecular weight excluding hydrogens is 474 g/mol. The van der Waals surface area contributed by atoms with Crippen LogP contribution in [-0.4, -0.2) is 54.3 Å². The molecule has 0 atom stereocenters. The third-order valence-electron chi connectivity index (χ3n) is 5.73. The van der Waals surface area contributed by atoms with Crippen molar-refractivity contribution in [3.63, 3.8) is 0 Å². The van der Waals surface area contributed by atoms with Gasteiger partial charge in [-0.05, 0) is 42.0 Å². The number of halogens is 1. The minimum atomic E-state index is -0.245. The standard InChI is InChI=1S/C23H22BrN5O3/c1-31-20-5-2-15(10-16(20)13-28-6-8-32-9-7-28)12-26-29-14-25-21-18-11-17(24)3-4-19(18)27-22(21)23(29)30/h2-5,10-12,14,27H,6-9,13H2,1H3/p+1/b26-12+. The fraction of sp³-hybridized carbons (Fsp3) is 0.261. The molecule has 0 spiro atoms. The molecular formula is C23H23BrN5O3+. The summed E-state index contributed by atoms with van der Waals surface area (Å²) in [7, 11) is 1.68. The summed E-state index contributed by atoms with van der Waals surface area (Å²) in [5.74, 6) is 0.852. The monoisotopic (exact) mass is 496 g/mol. The Hall–Kier alpha value is -3.01. The summed E-state index contributed by atoms with van der Waals surface area (Å²) in [6.45, 7) is 4.36. The molecule has 1 aliphatic heterocycles. The minimum Gasteiger partial charge on any atom is -0.496 e. The molecule has 0 amide bonds. The highest BCUT2D eigenvalue weighted by Crippen LogP contribution is 2.24. The molecule has 0 radical (unpaired) electrons. The number of benzene rings is 2. The molecule has 1 fully saturated rings. The first-order valence-electron chi connectivity index (χ1n) is 10.4. The predicted octanol–water partition coefficient (Wildman–Crippen LogP) is 1.95. The number of methoxy groups -OCH3 is 1. The van der Waals surface area contributed by atoms with Crippen LogP contribution in [0.4, 0.5) is 0 Å². The quantitative estimate of drug-likeness (QED) is 0.413. The number of rotatable bonds is 5. The Balaban J connectivity index is 1.45. The highest BCUT2D eigenvalue weighted by molar-refractivity contribution is 9.10. The van der Waals surface area contributed by atoms with Gasteiger partial charge in [0.05, 0.1) is 26.5 Å². The largest absolute Gasteiger partial charge is 0.496 e. The predicted molar refractivity (Wildman–Crippen MR) is 127 cm³/mol. The summed E-state index contributed by atoms with van der Waals surface area (Å²) in [6, 6.07) is 11.7. The van der Waals surface area contributed by atoms with Gasteiger partial charge in [-0.25, -0.2) is 4.98 Å². The number of aromatic amines is 1. The minimum absolute atomic E-state index is 0.245. The van der Waals surface area contributed by atoms with Gasteiger partial charge in [0.1, 0.15) is 42.7 Å². The lowest BCUT2D eigenvalue weighted by atomic mass is 10.1. The van der Waals surface area contributed by atoms with E-state index in [1.54, 1.807) is 13.3 Å². The van der Waals surface area contributed by atoms with Crippen LogP contribution in [0.5, 0.6) is 5.75 Å². The van der Waals surface area contributed by atoms with Crippen LogP contribution in [-0.2, 0) is 11.3 Å². The Morgan fingerprint density at radius 2 is 2.12 bits per heavy atom. The lowest BCUT2D eigenvalue weighted by Gasteiger charge is -2.24. The lowest BCUT2D eigenvalue weighted by molar-refractivity contribution is -0.921. The van der Waals surface area contributed by atoms with Gasteiger partial charge in [-0.15, -0.1) is 0 Å². The average molecular weight is 497 g/mol. The van der Waals surface area contributed by atoms with Crippen molar-refractivity contribution in [3.05, 3.63) is 68.7 Å². The molecule has 0 unspecified atom stereocenters. The van der Waals surface area contributed by atoms with E-state index in [2.05, 4.69) is 37.1 Å². The van der Waals surface area contributed by atoms with Gasteiger partial charge >= 0.3 is 0 Å². The van der Waals surface area contributed by atoms with Crippen LogP contribution >= 0.6 is 15.9 Å². The molecule has 0 saturated carbocycles. The smallest absolute Gasteiger partial charge is 0.298 e. The van der Waals surface area contributed by atoms with Gasteiger partial charge in [0, 0.05) is 20.9 Å². The first-order chi connectivity index (χ1) is 15.6. The Bertz CT molecular complexity index is 1370. The number of H-pyrrole nitrogens is 1. The zero-order valence-corrected chi connectivity index (χ0v) is 19.2. The van der Waals surface area contributed by atoms with Crippen molar-refractivity contribution in [1.29, 1.82) is 0 Å². The number of quaternary nitrogens is 1. The van der Waals surface area contributed by atoms with Gasteiger partial charge in [0.25, 0.3) is 5.56 Å². The number of morpholine rings is 1. The summed E-state index contributed by atoms with van der Waals surface area (Å²) in [6.07, 6.45) is 3.13. The van der Waals surface area contributed by atoms with Gasteiger partial charge in [-0.2, -0.15) is 9.78 Å². The highest BCUT2D eigenvalue weighted by atomic mass is 79.9. The summed E-state index contributed by atoms with van der Waals surface area (Å²) < 4.78 is 13.2. The van der Waals surface area contributed by atoms with Crippen LogP contribution in [0.1, 0.15) is 11.1 Å². The van der Waals surface area contributed by atoms with E-state index in [1.807, 2.05) is 30.3 Å². The number of ether oxygens (including phenoxy) is 2. The second kappa shape index (κ2) is 8.85. The number of fused-ring (bicyclic) bond motifs is 3. The zero-order valence-electron chi connectivity index (χ0n) is 17.6. The second-order valence-electron chi connectivity index (χ2n) is 7.79. The number of aromatic nitrogens is 3. The topological polar surface area (TPSA) is 85.9 Å². The maximum Gasteiger partial charge on any atom is 0.298 e. The average Bonchev–Trinajstić information content (AvgIpc) is 3.18. The van der Waals surface area contributed by atoms with Crippen molar-refractivity contribution in [2.24, 2.45) is 5.10 Å². The maximum atomic E-state index is 13.0. The summed E-state index contributed by atoms with van der Waals surface area (Å²) in [4.78, 5) is 22.1. The number of hydrogen-bond donors (Lipinski definition) is 2. The Morgan fingerprint density at radius 1 is 1.28 bits per heavy atom. The van der Waals surface area contributed by atoms with E-state index < -0.39 is 0 Å². The summed E-state index contributed by atoms with van der Waals surface area (Å²) >= 11 is 3.47. The number of hydrogen-bond acceptors (Lipinski definition) is 5. The Morgan fingerprint density at radius 3 is 2.94 bits per heavy atom. The highest BCUT2D eigenvalue weighted by Gasteiger charge is 2.17. The van der Waals surface area contributed by atoms with Crippen LogP contribution < -0.4 is 15.2 Å². The molecule has 5 rings (SSSR count). The van der Waals surface area contributed by atoms with Gasteiger partial charge in [-0.1, -0.05) is 15.9 Å². The van der Waals surface area contributed by atoms with E-state index >= 15 is 0 Å². The van der Waals surface area contributed by atoms with Crippen molar-refractivity contribution >= 4 is 44.1 Å². The van der Waals surface area contributed by atoms with Crippen molar-refractivity contribution < 1.29 is 14.4 Å². The molecule has 0 aliphatic carbocycles. The molecule has 3 heterocycles. The molecule has 2 aromatic carbocycles. The first kappa shape index (κ1) is 20.9. The van der Waals surface area contributed by atoms with Crippen LogP contribution in [0.2, 0.25) is 0 Å². The first-order valence-corrected chi connectivity index (χ1v) is 11.2. The van der Waals surface area contributed by atoms with E-state index in [0.29, 0.717) is 11.0 Å². The van der Waals surface area contributed by atoms with E-state index in [-0.39, 0.29) is 5.56 Å². The molecule has 8 nitrogen and oxygen atoms in total. The molecule has 2 aromatic heterocycles. The molecule has 1 saturated heterocycles. The van der Waals surface area contributed by atoms with Crippen molar-refractivity contribution in [3.8, 4) is 5.75 Å². The number of nitrogens with one attached hydrogen (secondary N) is 2. The third-order valence-corrected chi connectivity index (χ3v) is 6.22. The number of nitrogens with zero attached hydrogens (tertiary/aromatic N) is 3. The maximum absolute atomic E-state index is 13.0. The van der Waals surface area contributed by atoms with E-state index in [9.17, 15) is 4.79 Å². The van der Waals surface area contributed by atoms with Crippen LogP contribution in [0.25, 0.3) is 21.9 Å². The van der Waals surface area contributed by atoms with Crippen molar-refractivity contribution in [1.82, 2.24) is 14.6 Å². The summed E-state index contributed by atoms with van der Waals surface area (Å²) in [5.41, 5.74) is 3.68. The van der Waals surface area contributed by atoms with Gasteiger partial charge in [0.2, 0.25) is 0 Å². The van der Waals surface area contributed by atoms with Crippen molar-refractivity contribution in [2.75, 3.05) is 33.4 Å². The zero-order chi connectivity index (χ0) is 22.1. The van der Waals surface area contributed by atoms with Gasteiger partial charge in [0.15, 0.2) is 0 Å². The molecule has 1 aliphatic rings. The third kappa shape index (κ3) is 4.06.